The van der Waals surface area contributed by atoms with Crippen LogP contribution in [0, 0.1) is 20.8 Å². The molecule has 0 saturated carbocycles. The van der Waals surface area contributed by atoms with Crippen molar-refractivity contribution in [2.45, 2.75) is 26.7 Å². The van der Waals surface area contributed by atoms with Gasteiger partial charge in [0.2, 0.25) is 0 Å². The van der Waals surface area contributed by atoms with E-state index in [2.05, 4.69) is 39.0 Å². The summed E-state index contributed by atoms with van der Waals surface area (Å²) in [6.45, 7) is 8.19. The lowest BCUT2D eigenvalue weighted by Crippen LogP contribution is -1.91. The minimum atomic E-state index is 0.992. The summed E-state index contributed by atoms with van der Waals surface area (Å²) in [5.74, 6) is 0. The van der Waals surface area contributed by atoms with Gasteiger partial charge in [0.1, 0.15) is 0 Å². The third-order valence-corrected chi connectivity index (χ3v) is 2.07. The van der Waals surface area contributed by atoms with E-state index in [0.29, 0.717) is 0 Å². The molecular formula is C11H15. The third-order valence-electron chi connectivity index (χ3n) is 2.07. The highest BCUT2D eigenvalue weighted by atomic mass is 14.0. The van der Waals surface area contributed by atoms with E-state index in [4.69, 9.17) is 0 Å². The third kappa shape index (κ3) is 1.83. The Bertz CT molecular complexity index is 216. The molecule has 0 N–H and O–H groups in total. The monoisotopic (exact) mass is 147 g/mol. The lowest BCUT2D eigenvalue weighted by Gasteiger charge is -2.06. The zero-order valence-electron chi connectivity index (χ0n) is 7.35. The van der Waals surface area contributed by atoms with Crippen LogP contribution in [0.25, 0.3) is 0 Å². The SMILES string of the molecule is [CH2]CCc1c(C)cccc1C. The Hall–Kier alpha value is -0.780. The molecule has 1 radical (unpaired) electrons. The predicted molar refractivity (Wildman–Crippen MR) is 49.6 cm³/mol. The van der Waals surface area contributed by atoms with Crippen LogP contribution in [-0.4, -0.2) is 0 Å². The lowest BCUT2D eigenvalue weighted by molar-refractivity contribution is 0.970. The molecule has 0 unspecified atom stereocenters. The van der Waals surface area contributed by atoms with Gasteiger partial charge in [-0.2, -0.15) is 0 Å². The topological polar surface area (TPSA) is 0 Å². The van der Waals surface area contributed by atoms with Crippen molar-refractivity contribution in [3.05, 3.63) is 41.8 Å². The van der Waals surface area contributed by atoms with Crippen molar-refractivity contribution in [3.63, 3.8) is 0 Å². The van der Waals surface area contributed by atoms with Gasteiger partial charge in [-0.05, 0) is 43.4 Å². The van der Waals surface area contributed by atoms with E-state index in [1.165, 1.54) is 16.7 Å². The van der Waals surface area contributed by atoms with Crippen LogP contribution in [0.5, 0.6) is 0 Å². The molecule has 0 atom stereocenters. The minimum absolute atomic E-state index is 0.992. The Kier molecular flexibility index (Phi) is 2.70. The molecule has 1 aromatic rings. The largest absolute Gasteiger partial charge is 0.0617 e. The number of rotatable bonds is 2. The van der Waals surface area contributed by atoms with Crippen LogP contribution in [0.4, 0.5) is 0 Å². The van der Waals surface area contributed by atoms with E-state index >= 15 is 0 Å². The molecule has 0 bridgehead atoms. The van der Waals surface area contributed by atoms with Crippen LogP contribution in [0.15, 0.2) is 18.2 Å². The summed E-state index contributed by atoms with van der Waals surface area (Å²) in [5.41, 5.74) is 4.27. The molecule has 1 aromatic carbocycles. The van der Waals surface area contributed by atoms with Crippen LogP contribution in [-0.2, 0) is 6.42 Å². The van der Waals surface area contributed by atoms with Crippen molar-refractivity contribution < 1.29 is 0 Å². The number of aryl methyl sites for hydroxylation is 2. The molecule has 11 heavy (non-hydrogen) atoms. The standard InChI is InChI=1S/C11H15/c1-4-6-11-9(2)7-5-8-10(11)3/h5,7-8H,1,4,6H2,2-3H3. The summed E-state index contributed by atoms with van der Waals surface area (Å²) in [7, 11) is 0. The minimum Gasteiger partial charge on any atom is -0.0617 e. The van der Waals surface area contributed by atoms with Gasteiger partial charge in [-0.15, -0.1) is 0 Å². The summed E-state index contributed by atoms with van der Waals surface area (Å²) in [4.78, 5) is 0. The Morgan fingerprint density at radius 3 is 2.18 bits per heavy atom. The summed E-state index contributed by atoms with van der Waals surface area (Å²) in [5, 5.41) is 0. The van der Waals surface area contributed by atoms with Gasteiger partial charge in [-0.25, -0.2) is 0 Å². The molecule has 0 nitrogen and oxygen atoms in total. The van der Waals surface area contributed by atoms with Crippen LogP contribution < -0.4 is 0 Å². The highest BCUT2D eigenvalue weighted by Crippen LogP contribution is 2.14. The van der Waals surface area contributed by atoms with E-state index in [1.54, 1.807) is 0 Å². The fraction of sp³-hybridized carbons (Fsp3) is 0.364. The maximum absolute atomic E-state index is 3.86. The fourth-order valence-electron chi connectivity index (χ4n) is 1.42. The van der Waals surface area contributed by atoms with E-state index in [0.717, 1.165) is 12.8 Å². The average molecular weight is 147 g/mol. The molecule has 0 aliphatic rings. The van der Waals surface area contributed by atoms with Crippen LogP contribution >= 0.6 is 0 Å². The molecule has 0 aliphatic carbocycles. The van der Waals surface area contributed by atoms with E-state index in [9.17, 15) is 0 Å². The number of benzene rings is 1. The summed E-state index contributed by atoms with van der Waals surface area (Å²) in [6.07, 6.45) is 2.10. The van der Waals surface area contributed by atoms with E-state index in [1.807, 2.05) is 0 Å². The highest BCUT2D eigenvalue weighted by molar-refractivity contribution is 5.33. The van der Waals surface area contributed by atoms with E-state index in [-0.39, 0.29) is 0 Å². The second-order valence-electron chi connectivity index (χ2n) is 2.97. The zero-order chi connectivity index (χ0) is 8.27. The zero-order valence-corrected chi connectivity index (χ0v) is 7.35. The molecule has 0 aliphatic heterocycles. The lowest BCUT2D eigenvalue weighted by atomic mass is 9.99. The molecule has 0 heteroatoms. The fourth-order valence-corrected chi connectivity index (χ4v) is 1.42. The summed E-state index contributed by atoms with van der Waals surface area (Å²) >= 11 is 0. The van der Waals surface area contributed by atoms with Crippen LogP contribution in [0.2, 0.25) is 0 Å². The van der Waals surface area contributed by atoms with Crippen molar-refractivity contribution in [3.8, 4) is 0 Å². The van der Waals surface area contributed by atoms with Crippen molar-refractivity contribution in [2.24, 2.45) is 0 Å². The summed E-state index contributed by atoms with van der Waals surface area (Å²) < 4.78 is 0. The molecule has 0 aromatic heterocycles. The van der Waals surface area contributed by atoms with Crippen LogP contribution in [0.3, 0.4) is 0 Å². The maximum atomic E-state index is 3.86. The average Bonchev–Trinajstić information content (AvgIpc) is 1.97. The molecular weight excluding hydrogens is 132 g/mol. The van der Waals surface area contributed by atoms with Gasteiger partial charge in [0.15, 0.2) is 0 Å². The summed E-state index contributed by atoms with van der Waals surface area (Å²) in [6, 6.07) is 6.44. The normalized spacial score (nSPS) is 10.1. The second-order valence-corrected chi connectivity index (χ2v) is 2.97. The van der Waals surface area contributed by atoms with E-state index < -0.39 is 0 Å². The van der Waals surface area contributed by atoms with Crippen molar-refractivity contribution >= 4 is 0 Å². The Labute approximate surface area is 69.3 Å². The highest BCUT2D eigenvalue weighted by Gasteiger charge is 1.98. The molecule has 0 amide bonds. The number of hydrogen-bond donors (Lipinski definition) is 0. The van der Waals surface area contributed by atoms with Crippen molar-refractivity contribution in [1.29, 1.82) is 0 Å². The first-order valence-corrected chi connectivity index (χ1v) is 4.10. The maximum Gasteiger partial charge on any atom is -0.0274 e. The number of hydrogen-bond acceptors (Lipinski definition) is 0. The smallest absolute Gasteiger partial charge is 0.0274 e. The van der Waals surface area contributed by atoms with Gasteiger partial charge >= 0.3 is 0 Å². The molecule has 59 valence electrons. The Balaban J connectivity index is 3.00. The Morgan fingerprint density at radius 1 is 1.18 bits per heavy atom. The predicted octanol–water partition coefficient (Wildman–Crippen LogP) is 3.07. The molecule has 0 heterocycles. The molecule has 0 saturated heterocycles. The quantitative estimate of drug-likeness (QED) is 0.603. The van der Waals surface area contributed by atoms with Crippen LogP contribution in [0.1, 0.15) is 23.1 Å². The molecule has 0 fully saturated rings. The second kappa shape index (κ2) is 3.56. The van der Waals surface area contributed by atoms with Gasteiger partial charge in [-0.1, -0.05) is 25.1 Å². The first kappa shape index (κ1) is 8.32. The van der Waals surface area contributed by atoms with Gasteiger partial charge in [-0.3, -0.25) is 0 Å². The molecule has 0 spiro atoms. The van der Waals surface area contributed by atoms with Crippen molar-refractivity contribution in [2.75, 3.05) is 0 Å². The van der Waals surface area contributed by atoms with Gasteiger partial charge in [0.05, 0.1) is 0 Å². The van der Waals surface area contributed by atoms with Gasteiger partial charge in [0, 0.05) is 0 Å². The van der Waals surface area contributed by atoms with Crippen molar-refractivity contribution in [1.82, 2.24) is 0 Å². The Morgan fingerprint density at radius 2 is 1.73 bits per heavy atom. The first-order chi connectivity index (χ1) is 5.25. The molecule has 1 rings (SSSR count). The van der Waals surface area contributed by atoms with Gasteiger partial charge in [0.25, 0.3) is 0 Å². The first-order valence-electron chi connectivity index (χ1n) is 4.10. The van der Waals surface area contributed by atoms with Gasteiger partial charge < -0.3 is 0 Å².